The van der Waals surface area contributed by atoms with Gasteiger partial charge in [-0.05, 0) is 53.3 Å². The van der Waals surface area contributed by atoms with Gasteiger partial charge in [0.1, 0.15) is 5.82 Å². The molecule has 1 heterocycles. The van der Waals surface area contributed by atoms with Crippen LogP contribution in [0.2, 0.25) is 0 Å². The summed E-state index contributed by atoms with van der Waals surface area (Å²) < 4.78 is 31.0. The Morgan fingerprint density at radius 2 is 1.90 bits per heavy atom. The summed E-state index contributed by atoms with van der Waals surface area (Å²) in [7, 11) is -1.68. The lowest BCUT2D eigenvalue weighted by atomic mass is 9.86. The zero-order chi connectivity index (χ0) is 21.8. The molecular formula is C21H29FN4O2S. The van der Waals surface area contributed by atoms with E-state index >= 15 is 0 Å². The van der Waals surface area contributed by atoms with E-state index in [2.05, 4.69) is 14.7 Å². The Labute approximate surface area is 172 Å². The summed E-state index contributed by atoms with van der Waals surface area (Å²) in [6.07, 6.45) is 1.38. The number of carbonyl (C=O) groups is 1. The highest BCUT2D eigenvalue weighted by molar-refractivity contribution is 7.91. The normalized spacial score (nSPS) is 13.6. The molecule has 0 aliphatic carbocycles. The number of carbonyl (C=O) groups excluding carboxylic acids is 1. The van der Waals surface area contributed by atoms with Gasteiger partial charge in [-0.2, -0.15) is 0 Å². The number of nitrogens with one attached hydrogen (secondary N) is 1. The SMILES string of the molecule is CNCc1ccc(S(N)(=O)=NC(=O)Cc2c(C(C)C)ccc(F)c2C(C)C)nc1. The van der Waals surface area contributed by atoms with Gasteiger partial charge in [0, 0.05) is 12.7 Å². The van der Waals surface area contributed by atoms with Gasteiger partial charge in [0.15, 0.2) is 14.9 Å². The Morgan fingerprint density at radius 3 is 2.41 bits per heavy atom. The molecular weight excluding hydrogens is 391 g/mol. The highest BCUT2D eigenvalue weighted by atomic mass is 32.2. The number of amides is 1. The summed E-state index contributed by atoms with van der Waals surface area (Å²) in [5.41, 5.74) is 2.84. The molecule has 1 amide bonds. The standard InChI is InChI=1S/C21H29FN4O2S/c1-13(2)16-7-8-18(22)21(14(3)4)17(16)10-19(27)26-29(23,28)20-9-6-15(11-24-5)12-25-20/h6-9,12-14,24H,10-11H2,1-5H3,(H2,23,26,27,28). The Bertz CT molecular complexity index is 994. The molecule has 0 spiro atoms. The van der Waals surface area contributed by atoms with Crippen molar-refractivity contribution in [2.75, 3.05) is 7.05 Å². The van der Waals surface area contributed by atoms with E-state index in [1.807, 2.05) is 27.7 Å². The Morgan fingerprint density at radius 1 is 1.21 bits per heavy atom. The summed E-state index contributed by atoms with van der Waals surface area (Å²) >= 11 is 0. The minimum absolute atomic E-state index is 0.0399. The molecule has 1 aromatic carbocycles. The first-order valence-electron chi connectivity index (χ1n) is 9.55. The van der Waals surface area contributed by atoms with E-state index in [1.54, 1.807) is 25.4 Å². The zero-order valence-electron chi connectivity index (χ0n) is 17.5. The molecule has 2 aromatic rings. The molecule has 0 bridgehead atoms. The third-order valence-corrected chi connectivity index (χ3v) is 5.90. The number of rotatable bonds is 7. The molecule has 2 rings (SSSR count). The van der Waals surface area contributed by atoms with Gasteiger partial charge >= 0.3 is 0 Å². The second kappa shape index (κ2) is 9.56. The molecule has 1 atom stereocenters. The van der Waals surface area contributed by atoms with Gasteiger partial charge in [-0.3, -0.25) is 4.79 Å². The van der Waals surface area contributed by atoms with Gasteiger partial charge in [-0.15, -0.1) is 4.36 Å². The van der Waals surface area contributed by atoms with Crippen LogP contribution < -0.4 is 10.5 Å². The van der Waals surface area contributed by atoms with E-state index in [9.17, 15) is 13.4 Å². The molecule has 0 aliphatic heterocycles. The highest BCUT2D eigenvalue weighted by Gasteiger charge is 2.21. The van der Waals surface area contributed by atoms with Crippen molar-refractivity contribution in [3.63, 3.8) is 0 Å². The minimum atomic E-state index is -3.49. The maximum absolute atomic E-state index is 14.5. The lowest BCUT2D eigenvalue weighted by Gasteiger charge is -2.19. The number of benzene rings is 1. The van der Waals surface area contributed by atoms with Crippen molar-refractivity contribution in [3.8, 4) is 0 Å². The predicted octanol–water partition coefficient (Wildman–Crippen LogP) is 3.66. The first-order chi connectivity index (χ1) is 13.6. The van der Waals surface area contributed by atoms with E-state index in [0.29, 0.717) is 17.7 Å². The van der Waals surface area contributed by atoms with Crippen LogP contribution in [0.25, 0.3) is 0 Å². The van der Waals surface area contributed by atoms with Gasteiger partial charge in [0.2, 0.25) is 0 Å². The van der Waals surface area contributed by atoms with Crippen LogP contribution in [0.3, 0.4) is 0 Å². The third kappa shape index (κ3) is 5.68. The van der Waals surface area contributed by atoms with Gasteiger partial charge in [0.05, 0.1) is 6.42 Å². The summed E-state index contributed by atoms with van der Waals surface area (Å²) in [5, 5.41) is 8.85. The maximum atomic E-state index is 14.5. The van der Waals surface area contributed by atoms with Crippen molar-refractivity contribution in [1.82, 2.24) is 10.3 Å². The van der Waals surface area contributed by atoms with Crippen molar-refractivity contribution in [1.29, 1.82) is 0 Å². The first-order valence-corrected chi connectivity index (χ1v) is 11.1. The Kier molecular flexibility index (Phi) is 7.62. The maximum Gasteiger partial charge on any atom is 0.259 e. The van der Waals surface area contributed by atoms with E-state index in [4.69, 9.17) is 5.14 Å². The second-order valence-electron chi connectivity index (χ2n) is 7.60. The lowest BCUT2D eigenvalue weighted by molar-refractivity contribution is -0.117. The fourth-order valence-electron chi connectivity index (χ4n) is 3.29. The molecule has 1 unspecified atom stereocenters. The molecule has 0 saturated heterocycles. The molecule has 158 valence electrons. The zero-order valence-corrected chi connectivity index (χ0v) is 18.3. The predicted molar refractivity (Wildman–Crippen MR) is 113 cm³/mol. The van der Waals surface area contributed by atoms with Crippen molar-refractivity contribution in [2.45, 2.75) is 57.5 Å². The molecule has 0 fully saturated rings. The van der Waals surface area contributed by atoms with Crippen LogP contribution in [0.1, 0.15) is 61.8 Å². The highest BCUT2D eigenvalue weighted by Crippen LogP contribution is 2.30. The number of nitrogens with two attached hydrogens (primary N) is 1. The number of hydrogen-bond acceptors (Lipinski definition) is 4. The van der Waals surface area contributed by atoms with Crippen LogP contribution in [-0.4, -0.2) is 22.1 Å². The van der Waals surface area contributed by atoms with Crippen LogP contribution in [0.4, 0.5) is 4.39 Å². The molecule has 8 heteroatoms. The van der Waals surface area contributed by atoms with E-state index < -0.39 is 15.8 Å². The van der Waals surface area contributed by atoms with Crippen LogP contribution >= 0.6 is 0 Å². The monoisotopic (exact) mass is 420 g/mol. The number of halogens is 1. The van der Waals surface area contributed by atoms with Crippen LogP contribution in [0.15, 0.2) is 39.9 Å². The van der Waals surface area contributed by atoms with Crippen molar-refractivity contribution >= 4 is 15.8 Å². The number of nitrogens with zero attached hydrogens (tertiary/aromatic N) is 2. The lowest BCUT2D eigenvalue weighted by Crippen LogP contribution is -2.18. The largest absolute Gasteiger partial charge is 0.316 e. The third-order valence-electron chi connectivity index (χ3n) is 4.58. The van der Waals surface area contributed by atoms with Crippen LogP contribution in [0.5, 0.6) is 0 Å². The van der Waals surface area contributed by atoms with Crippen molar-refractivity contribution < 1.29 is 13.4 Å². The fourth-order valence-corrected chi connectivity index (χ4v) is 4.22. The summed E-state index contributed by atoms with van der Waals surface area (Å²) in [5.74, 6) is -1.03. The van der Waals surface area contributed by atoms with E-state index in [1.165, 1.54) is 12.1 Å². The number of pyridine rings is 1. The topological polar surface area (TPSA) is 97.4 Å². The summed E-state index contributed by atoms with van der Waals surface area (Å²) in [6.45, 7) is 8.30. The average molecular weight is 421 g/mol. The van der Waals surface area contributed by atoms with Crippen molar-refractivity contribution in [3.05, 3.63) is 58.5 Å². The molecule has 6 nitrogen and oxygen atoms in total. The quantitative estimate of drug-likeness (QED) is 0.714. The summed E-state index contributed by atoms with van der Waals surface area (Å²) in [6, 6.07) is 6.35. The molecule has 29 heavy (non-hydrogen) atoms. The van der Waals surface area contributed by atoms with Gasteiger partial charge in [-0.25, -0.2) is 18.7 Å². The van der Waals surface area contributed by atoms with Gasteiger partial charge in [0.25, 0.3) is 5.91 Å². The van der Waals surface area contributed by atoms with Crippen LogP contribution in [0, 0.1) is 5.82 Å². The van der Waals surface area contributed by atoms with Gasteiger partial charge < -0.3 is 5.32 Å². The number of aromatic nitrogens is 1. The van der Waals surface area contributed by atoms with Crippen LogP contribution in [-0.2, 0) is 27.7 Å². The Hall–Kier alpha value is -2.16. The molecule has 0 radical (unpaired) electrons. The first kappa shape index (κ1) is 23.1. The van der Waals surface area contributed by atoms with E-state index in [0.717, 1.165) is 11.1 Å². The number of hydrogen-bond donors (Lipinski definition) is 2. The molecule has 0 saturated carbocycles. The second-order valence-corrected chi connectivity index (χ2v) is 9.34. The van der Waals surface area contributed by atoms with Crippen molar-refractivity contribution in [2.24, 2.45) is 9.50 Å². The van der Waals surface area contributed by atoms with Gasteiger partial charge in [-0.1, -0.05) is 39.8 Å². The smallest absolute Gasteiger partial charge is 0.259 e. The van der Waals surface area contributed by atoms with E-state index in [-0.39, 0.29) is 29.1 Å². The summed E-state index contributed by atoms with van der Waals surface area (Å²) in [4.78, 5) is 16.7. The molecule has 1 aromatic heterocycles. The molecule has 0 aliphatic rings. The average Bonchev–Trinajstić information content (AvgIpc) is 2.61. The minimum Gasteiger partial charge on any atom is -0.316 e. The Balaban J connectivity index is 2.41. The fraction of sp³-hybridized carbons (Fsp3) is 0.429. The molecule has 3 N–H and O–H groups in total.